The molecule has 0 aliphatic heterocycles. The van der Waals surface area contributed by atoms with Crippen LogP contribution in [0.3, 0.4) is 0 Å². The van der Waals surface area contributed by atoms with Gasteiger partial charge in [-0.15, -0.1) is 11.6 Å². The van der Waals surface area contributed by atoms with Gasteiger partial charge in [-0.25, -0.2) is 0 Å². The first-order chi connectivity index (χ1) is 9.93. The van der Waals surface area contributed by atoms with Gasteiger partial charge in [-0.2, -0.15) is 5.10 Å². The number of halogens is 2. The van der Waals surface area contributed by atoms with E-state index in [4.69, 9.17) is 27.9 Å². The summed E-state index contributed by atoms with van der Waals surface area (Å²) >= 11 is 11.8. The summed E-state index contributed by atoms with van der Waals surface area (Å²) in [6.07, 6.45) is 0. The number of benzene rings is 1. The maximum absolute atomic E-state index is 11.1. The zero-order valence-corrected chi connectivity index (χ0v) is 13.0. The number of aromatic nitrogens is 2. The van der Waals surface area contributed by atoms with Gasteiger partial charge >= 0.3 is 5.69 Å². The third kappa shape index (κ3) is 3.28. The maximum atomic E-state index is 11.1. The van der Waals surface area contributed by atoms with Crippen LogP contribution in [0, 0.1) is 17.0 Å². The third-order valence-corrected chi connectivity index (χ3v) is 3.80. The number of nitrogens with zero attached hydrogens (tertiary/aromatic N) is 3. The smallest absolute Gasteiger partial charge is 0.311 e. The number of alkyl halides is 1. The molecule has 112 valence electrons. The van der Waals surface area contributed by atoms with Crippen LogP contribution in [0.1, 0.15) is 16.8 Å². The first-order valence-corrected chi connectivity index (χ1v) is 6.99. The Balaban J connectivity index is 2.25. The van der Waals surface area contributed by atoms with Crippen molar-refractivity contribution in [3.8, 4) is 5.75 Å². The van der Waals surface area contributed by atoms with Crippen molar-refractivity contribution < 1.29 is 9.66 Å². The number of rotatable bonds is 5. The van der Waals surface area contributed by atoms with E-state index in [-0.39, 0.29) is 23.9 Å². The highest BCUT2D eigenvalue weighted by Crippen LogP contribution is 2.30. The quantitative estimate of drug-likeness (QED) is 0.477. The summed E-state index contributed by atoms with van der Waals surface area (Å²) in [5, 5.41) is 15.7. The Kier molecular flexibility index (Phi) is 4.69. The van der Waals surface area contributed by atoms with Crippen molar-refractivity contribution in [3.05, 3.63) is 50.3 Å². The molecule has 0 spiro atoms. The molecule has 0 saturated heterocycles. The summed E-state index contributed by atoms with van der Waals surface area (Å²) in [5.41, 5.74) is 1.97. The minimum absolute atomic E-state index is 0.111. The molecule has 0 saturated carbocycles. The van der Waals surface area contributed by atoms with Crippen LogP contribution >= 0.6 is 23.2 Å². The highest BCUT2D eigenvalue weighted by Gasteiger charge is 2.18. The van der Waals surface area contributed by atoms with E-state index in [1.165, 1.54) is 16.8 Å². The Morgan fingerprint density at radius 3 is 2.71 bits per heavy atom. The van der Waals surface area contributed by atoms with Crippen molar-refractivity contribution >= 4 is 28.9 Å². The van der Waals surface area contributed by atoms with Gasteiger partial charge in [-0.05, 0) is 18.6 Å². The number of nitro benzene ring substituents is 1. The summed E-state index contributed by atoms with van der Waals surface area (Å²) in [6, 6.07) is 4.63. The van der Waals surface area contributed by atoms with Gasteiger partial charge < -0.3 is 4.74 Å². The van der Waals surface area contributed by atoms with Crippen LogP contribution < -0.4 is 4.74 Å². The lowest BCUT2D eigenvalue weighted by Crippen LogP contribution is -2.01. The van der Waals surface area contributed by atoms with Crippen molar-refractivity contribution in [3.63, 3.8) is 0 Å². The van der Waals surface area contributed by atoms with E-state index in [0.717, 1.165) is 5.69 Å². The molecule has 0 unspecified atom stereocenters. The minimum Gasteiger partial charge on any atom is -0.482 e. The number of aryl methyl sites for hydroxylation is 2. The fourth-order valence-corrected chi connectivity index (χ4v) is 2.29. The standard InChI is InChI=1S/C13H13Cl2N3O3/c1-8-10(13(15)17(2)16-8)7-21-12-4-3-9(6-14)5-11(12)18(19)20/h3-5H,6-7H2,1-2H3. The summed E-state index contributed by atoms with van der Waals surface area (Å²) < 4.78 is 7.06. The van der Waals surface area contributed by atoms with E-state index in [1.54, 1.807) is 20.0 Å². The van der Waals surface area contributed by atoms with Crippen LogP contribution in [-0.2, 0) is 19.5 Å². The highest BCUT2D eigenvalue weighted by atomic mass is 35.5. The lowest BCUT2D eigenvalue weighted by atomic mass is 10.2. The summed E-state index contributed by atoms with van der Waals surface area (Å²) in [6.45, 7) is 1.91. The fourth-order valence-electron chi connectivity index (χ4n) is 1.90. The molecule has 0 radical (unpaired) electrons. The molecule has 1 aromatic carbocycles. The van der Waals surface area contributed by atoms with Crippen LogP contribution in [0.5, 0.6) is 5.75 Å². The van der Waals surface area contributed by atoms with Crippen LogP contribution in [0.25, 0.3) is 0 Å². The number of ether oxygens (including phenoxy) is 1. The van der Waals surface area contributed by atoms with Gasteiger partial charge in [0.05, 0.1) is 10.6 Å². The molecule has 2 rings (SSSR count). The van der Waals surface area contributed by atoms with Gasteiger partial charge in [0.1, 0.15) is 11.8 Å². The van der Waals surface area contributed by atoms with Crippen molar-refractivity contribution in [2.75, 3.05) is 0 Å². The number of nitro groups is 1. The second-order valence-electron chi connectivity index (χ2n) is 4.46. The molecule has 0 aliphatic rings. The third-order valence-electron chi connectivity index (χ3n) is 3.02. The normalized spacial score (nSPS) is 10.7. The predicted octanol–water partition coefficient (Wildman–Crippen LogP) is 3.61. The van der Waals surface area contributed by atoms with Gasteiger partial charge in [-0.1, -0.05) is 17.7 Å². The minimum atomic E-state index is -0.497. The second kappa shape index (κ2) is 6.32. The molecule has 6 nitrogen and oxygen atoms in total. The Morgan fingerprint density at radius 1 is 1.48 bits per heavy atom. The Bertz CT molecular complexity index is 686. The zero-order valence-electron chi connectivity index (χ0n) is 11.5. The van der Waals surface area contributed by atoms with Crippen LogP contribution in [0.2, 0.25) is 5.15 Å². The predicted molar refractivity (Wildman–Crippen MR) is 79.9 cm³/mol. The molecular formula is C13H13Cl2N3O3. The lowest BCUT2D eigenvalue weighted by molar-refractivity contribution is -0.386. The van der Waals surface area contributed by atoms with E-state index >= 15 is 0 Å². The van der Waals surface area contributed by atoms with Crippen LogP contribution in [0.15, 0.2) is 18.2 Å². The van der Waals surface area contributed by atoms with Crippen LogP contribution in [-0.4, -0.2) is 14.7 Å². The van der Waals surface area contributed by atoms with Gasteiger partial charge in [0, 0.05) is 24.6 Å². The van der Waals surface area contributed by atoms with Gasteiger partial charge in [-0.3, -0.25) is 14.8 Å². The van der Waals surface area contributed by atoms with Gasteiger partial charge in [0.15, 0.2) is 5.75 Å². The first-order valence-electron chi connectivity index (χ1n) is 6.08. The summed E-state index contributed by atoms with van der Waals surface area (Å²) in [5.74, 6) is 0.377. The molecule has 0 N–H and O–H groups in total. The van der Waals surface area contributed by atoms with E-state index in [2.05, 4.69) is 5.10 Å². The topological polar surface area (TPSA) is 70.2 Å². The van der Waals surface area contributed by atoms with Gasteiger partial charge in [0.25, 0.3) is 0 Å². The van der Waals surface area contributed by atoms with E-state index in [9.17, 15) is 10.1 Å². The molecule has 0 amide bonds. The monoisotopic (exact) mass is 329 g/mol. The Morgan fingerprint density at radius 2 is 2.19 bits per heavy atom. The average Bonchev–Trinajstić information content (AvgIpc) is 2.70. The largest absolute Gasteiger partial charge is 0.482 e. The fraction of sp³-hybridized carbons (Fsp3) is 0.308. The maximum Gasteiger partial charge on any atom is 0.311 e. The van der Waals surface area contributed by atoms with E-state index in [1.807, 2.05) is 0 Å². The molecule has 1 aromatic heterocycles. The molecule has 8 heteroatoms. The molecule has 0 atom stereocenters. The average molecular weight is 330 g/mol. The molecule has 21 heavy (non-hydrogen) atoms. The van der Waals surface area contributed by atoms with Gasteiger partial charge in [0.2, 0.25) is 0 Å². The zero-order chi connectivity index (χ0) is 15.6. The molecule has 0 fully saturated rings. The number of hydrogen-bond acceptors (Lipinski definition) is 4. The van der Waals surface area contributed by atoms with E-state index in [0.29, 0.717) is 16.3 Å². The van der Waals surface area contributed by atoms with E-state index < -0.39 is 4.92 Å². The Hall–Kier alpha value is -1.79. The van der Waals surface area contributed by atoms with Crippen molar-refractivity contribution in [1.29, 1.82) is 0 Å². The van der Waals surface area contributed by atoms with Crippen molar-refractivity contribution in [2.24, 2.45) is 7.05 Å². The molecule has 2 aromatic rings. The summed E-state index contributed by atoms with van der Waals surface area (Å²) in [4.78, 5) is 10.6. The highest BCUT2D eigenvalue weighted by molar-refractivity contribution is 6.30. The van der Waals surface area contributed by atoms with Crippen molar-refractivity contribution in [2.45, 2.75) is 19.4 Å². The number of hydrogen-bond donors (Lipinski definition) is 0. The van der Waals surface area contributed by atoms with Crippen LogP contribution in [0.4, 0.5) is 5.69 Å². The first kappa shape index (κ1) is 15.6. The molecule has 0 aliphatic carbocycles. The molecule has 0 bridgehead atoms. The Labute approximate surface area is 131 Å². The SMILES string of the molecule is Cc1nn(C)c(Cl)c1COc1ccc(CCl)cc1[N+](=O)[O-]. The summed E-state index contributed by atoms with van der Waals surface area (Å²) in [7, 11) is 1.72. The van der Waals surface area contributed by atoms with Crippen molar-refractivity contribution in [1.82, 2.24) is 9.78 Å². The second-order valence-corrected chi connectivity index (χ2v) is 5.09. The molecule has 1 heterocycles. The lowest BCUT2D eigenvalue weighted by Gasteiger charge is -2.07. The molecular weight excluding hydrogens is 317 g/mol.